The standard InChI is InChI=1S/C50H31F3N6/c51-50(52,53)37-26-28-44-39(30-37)38-23-13-14-24-43(38)59(44)45-27-25-36(48-57-46(34-19-9-3-10-20-34)56-47(58-48)35-21-11-4-12-22-35)29-40(45)49-54-41(32-15-5-1-6-16-32)31-42(55-49)33-17-7-2-8-18-33/h1-31H. The van der Waals surface area contributed by atoms with Crippen LogP contribution in [0.1, 0.15) is 5.56 Å². The van der Waals surface area contributed by atoms with Crippen LogP contribution in [0.15, 0.2) is 188 Å². The van der Waals surface area contributed by atoms with Crippen molar-refractivity contribution in [2.24, 2.45) is 0 Å². The monoisotopic (exact) mass is 772 g/mol. The second kappa shape index (κ2) is 14.6. The molecular formula is C50H31F3N6. The van der Waals surface area contributed by atoms with Crippen molar-refractivity contribution in [2.45, 2.75) is 6.18 Å². The van der Waals surface area contributed by atoms with Crippen molar-refractivity contribution in [3.63, 3.8) is 0 Å². The van der Waals surface area contributed by atoms with Crippen LogP contribution in [-0.4, -0.2) is 29.5 Å². The van der Waals surface area contributed by atoms with Crippen LogP contribution in [-0.2, 0) is 6.18 Å². The Morgan fingerprint density at radius 2 is 0.831 bits per heavy atom. The molecule has 0 amide bonds. The van der Waals surface area contributed by atoms with E-state index in [0.29, 0.717) is 67.8 Å². The number of hydrogen-bond donors (Lipinski definition) is 0. The van der Waals surface area contributed by atoms with Crippen molar-refractivity contribution in [3.05, 3.63) is 194 Å². The molecule has 6 nitrogen and oxygen atoms in total. The predicted molar refractivity (Wildman–Crippen MR) is 227 cm³/mol. The first kappa shape index (κ1) is 35.6. The highest BCUT2D eigenvalue weighted by Gasteiger charge is 2.31. The number of halogens is 3. The Bertz CT molecular complexity index is 3020. The number of para-hydroxylation sites is 1. The first-order valence-corrected chi connectivity index (χ1v) is 19.0. The van der Waals surface area contributed by atoms with E-state index in [1.165, 1.54) is 12.1 Å². The summed E-state index contributed by atoms with van der Waals surface area (Å²) in [5.74, 6) is 1.87. The molecule has 0 saturated heterocycles. The SMILES string of the molecule is FC(F)(F)c1ccc2c(c1)c1ccccc1n2-c1ccc(-c2nc(-c3ccccc3)nc(-c3ccccc3)n2)cc1-c1nc(-c2ccccc2)cc(-c2ccccc2)n1. The Hall–Kier alpha value is -7.78. The summed E-state index contributed by atoms with van der Waals surface area (Å²) in [5, 5.41) is 1.16. The summed E-state index contributed by atoms with van der Waals surface area (Å²) in [6, 6.07) is 58.5. The molecule has 3 aromatic heterocycles. The van der Waals surface area contributed by atoms with Gasteiger partial charge in [0.05, 0.1) is 33.7 Å². The molecular weight excluding hydrogens is 742 g/mol. The topological polar surface area (TPSA) is 69.4 Å². The van der Waals surface area contributed by atoms with Crippen molar-refractivity contribution >= 4 is 21.8 Å². The van der Waals surface area contributed by atoms with Gasteiger partial charge in [0.2, 0.25) is 0 Å². The lowest BCUT2D eigenvalue weighted by Gasteiger charge is -2.17. The third-order valence-electron chi connectivity index (χ3n) is 10.3. The van der Waals surface area contributed by atoms with Gasteiger partial charge in [0.1, 0.15) is 0 Å². The number of nitrogens with zero attached hydrogens (tertiary/aromatic N) is 6. The van der Waals surface area contributed by atoms with Crippen LogP contribution in [0.25, 0.3) is 95.6 Å². The third kappa shape index (κ3) is 6.78. The number of aromatic nitrogens is 6. The lowest BCUT2D eigenvalue weighted by molar-refractivity contribution is -0.137. The van der Waals surface area contributed by atoms with Crippen molar-refractivity contribution in [2.75, 3.05) is 0 Å². The predicted octanol–water partition coefficient (Wildman–Crippen LogP) is 12.8. The highest BCUT2D eigenvalue weighted by Crippen LogP contribution is 2.41. The lowest BCUT2D eigenvalue weighted by atomic mass is 10.0. The smallest absolute Gasteiger partial charge is 0.309 e. The zero-order chi connectivity index (χ0) is 39.9. The van der Waals surface area contributed by atoms with Gasteiger partial charge in [-0.2, -0.15) is 13.2 Å². The molecule has 0 atom stereocenters. The van der Waals surface area contributed by atoms with Crippen LogP contribution >= 0.6 is 0 Å². The second-order valence-corrected chi connectivity index (χ2v) is 14.0. The normalized spacial score (nSPS) is 11.6. The quantitative estimate of drug-likeness (QED) is 0.161. The van der Waals surface area contributed by atoms with Gasteiger partial charge in [0, 0.05) is 44.2 Å². The third-order valence-corrected chi connectivity index (χ3v) is 10.3. The minimum atomic E-state index is -4.51. The van der Waals surface area contributed by atoms with E-state index < -0.39 is 11.7 Å². The highest BCUT2D eigenvalue weighted by atomic mass is 19.4. The maximum Gasteiger partial charge on any atom is 0.416 e. The molecule has 0 aliphatic rings. The summed E-state index contributed by atoms with van der Waals surface area (Å²) in [5.41, 5.74) is 7.49. The van der Waals surface area contributed by atoms with E-state index in [1.807, 2.05) is 174 Å². The Morgan fingerprint density at radius 3 is 1.37 bits per heavy atom. The Labute approximate surface area is 337 Å². The number of benzene rings is 7. The first-order chi connectivity index (χ1) is 28.9. The molecule has 0 saturated carbocycles. The van der Waals surface area contributed by atoms with E-state index in [4.69, 9.17) is 24.9 Å². The molecule has 0 aliphatic carbocycles. The van der Waals surface area contributed by atoms with Crippen LogP contribution in [0.5, 0.6) is 0 Å². The van der Waals surface area contributed by atoms with E-state index >= 15 is 0 Å². The average molecular weight is 773 g/mol. The molecule has 7 aromatic carbocycles. The van der Waals surface area contributed by atoms with Gasteiger partial charge >= 0.3 is 6.18 Å². The molecule has 0 fully saturated rings. The van der Waals surface area contributed by atoms with Gasteiger partial charge in [-0.15, -0.1) is 0 Å². The molecule has 10 aromatic rings. The molecule has 0 spiro atoms. The lowest BCUT2D eigenvalue weighted by Crippen LogP contribution is -2.05. The van der Waals surface area contributed by atoms with Gasteiger partial charge in [-0.05, 0) is 48.5 Å². The molecule has 3 heterocycles. The fourth-order valence-electron chi connectivity index (χ4n) is 7.48. The molecule has 0 aliphatic heterocycles. The van der Waals surface area contributed by atoms with Crippen molar-refractivity contribution in [1.82, 2.24) is 29.5 Å². The number of hydrogen-bond acceptors (Lipinski definition) is 5. The fourth-order valence-corrected chi connectivity index (χ4v) is 7.48. The average Bonchev–Trinajstić information content (AvgIpc) is 3.63. The molecule has 282 valence electrons. The molecule has 0 bridgehead atoms. The maximum atomic E-state index is 14.1. The number of fused-ring (bicyclic) bond motifs is 3. The van der Waals surface area contributed by atoms with Gasteiger partial charge in [0.15, 0.2) is 23.3 Å². The summed E-state index contributed by atoms with van der Waals surface area (Å²) >= 11 is 0. The van der Waals surface area contributed by atoms with E-state index in [9.17, 15) is 13.2 Å². The summed E-state index contributed by atoms with van der Waals surface area (Å²) in [6.45, 7) is 0. The zero-order valence-corrected chi connectivity index (χ0v) is 31.2. The Balaban J connectivity index is 1.27. The van der Waals surface area contributed by atoms with E-state index in [2.05, 4.69) is 0 Å². The van der Waals surface area contributed by atoms with Gasteiger partial charge in [-0.1, -0.05) is 140 Å². The molecule has 0 radical (unpaired) electrons. The highest BCUT2D eigenvalue weighted by molar-refractivity contribution is 6.10. The number of alkyl halides is 3. The summed E-state index contributed by atoms with van der Waals surface area (Å²) in [7, 11) is 0. The molecule has 0 N–H and O–H groups in total. The van der Waals surface area contributed by atoms with Gasteiger partial charge in [-0.3, -0.25) is 0 Å². The largest absolute Gasteiger partial charge is 0.416 e. The first-order valence-electron chi connectivity index (χ1n) is 19.0. The molecule has 9 heteroatoms. The van der Waals surface area contributed by atoms with Crippen LogP contribution in [0.4, 0.5) is 13.2 Å². The van der Waals surface area contributed by atoms with Crippen LogP contribution in [0, 0.1) is 0 Å². The van der Waals surface area contributed by atoms with Gasteiger partial charge in [0.25, 0.3) is 0 Å². The summed E-state index contributed by atoms with van der Waals surface area (Å²) in [4.78, 5) is 25.3. The molecule has 10 rings (SSSR count). The van der Waals surface area contributed by atoms with Gasteiger partial charge in [-0.25, -0.2) is 24.9 Å². The second-order valence-electron chi connectivity index (χ2n) is 14.0. The van der Waals surface area contributed by atoms with Crippen molar-refractivity contribution < 1.29 is 13.2 Å². The maximum absolute atomic E-state index is 14.1. The van der Waals surface area contributed by atoms with E-state index in [-0.39, 0.29) is 0 Å². The molecule has 59 heavy (non-hydrogen) atoms. The van der Waals surface area contributed by atoms with Gasteiger partial charge < -0.3 is 4.57 Å². The Kier molecular flexibility index (Phi) is 8.83. The Morgan fingerprint density at radius 1 is 0.356 bits per heavy atom. The van der Waals surface area contributed by atoms with E-state index in [1.54, 1.807) is 0 Å². The summed E-state index contributed by atoms with van der Waals surface area (Å²) < 4.78 is 44.4. The van der Waals surface area contributed by atoms with Crippen LogP contribution < -0.4 is 0 Å². The van der Waals surface area contributed by atoms with Crippen molar-refractivity contribution in [3.8, 4) is 73.8 Å². The minimum Gasteiger partial charge on any atom is -0.309 e. The molecule has 0 unspecified atom stereocenters. The van der Waals surface area contributed by atoms with Crippen LogP contribution in [0.2, 0.25) is 0 Å². The van der Waals surface area contributed by atoms with Crippen molar-refractivity contribution in [1.29, 1.82) is 0 Å². The summed E-state index contributed by atoms with van der Waals surface area (Å²) in [6.07, 6.45) is -4.51. The fraction of sp³-hybridized carbons (Fsp3) is 0.0200. The zero-order valence-electron chi connectivity index (χ0n) is 31.2. The number of rotatable bonds is 7. The minimum absolute atomic E-state index is 0.417. The van der Waals surface area contributed by atoms with Crippen LogP contribution in [0.3, 0.4) is 0 Å². The van der Waals surface area contributed by atoms with E-state index in [0.717, 1.165) is 33.8 Å².